The summed E-state index contributed by atoms with van der Waals surface area (Å²) < 4.78 is 0. The molecule has 2 N–H and O–H groups in total. The molecule has 24 heavy (non-hydrogen) atoms. The molecule has 0 aromatic heterocycles. The third-order valence-corrected chi connectivity index (χ3v) is 3.89. The van der Waals surface area contributed by atoms with Crippen LogP contribution >= 0.6 is 0 Å². The van der Waals surface area contributed by atoms with E-state index in [1.807, 2.05) is 31.2 Å². The molecule has 3 aromatic rings. The predicted molar refractivity (Wildman–Crippen MR) is 95.7 cm³/mol. The summed E-state index contributed by atoms with van der Waals surface area (Å²) >= 11 is 0. The lowest BCUT2D eigenvalue weighted by molar-refractivity contribution is 0.249. The molecule has 3 rings (SSSR count). The van der Waals surface area contributed by atoms with Crippen molar-refractivity contribution in [1.82, 2.24) is 5.32 Å². The first-order valence-electron chi connectivity index (χ1n) is 7.72. The highest BCUT2D eigenvalue weighted by atomic mass is 16.2. The molecule has 0 saturated carbocycles. The second-order valence-electron chi connectivity index (χ2n) is 5.62. The topological polar surface area (TPSA) is 64.9 Å². The van der Waals surface area contributed by atoms with Crippen LogP contribution in [0, 0.1) is 11.3 Å². The van der Waals surface area contributed by atoms with Gasteiger partial charge in [0, 0.05) is 5.69 Å². The van der Waals surface area contributed by atoms with Crippen molar-refractivity contribution in [3.63, 3.8) is 0 Å². The van der Waals surface area contributed by atoms with E-state index in [-0.39, 0.29) is 12.1 Å². The van der Waals surface area contributed by atoms with Crippen LogP contribution in [0.2, 0.25) is 0 Å². The van der Waals surface area contributed by atoms with Gasteiger partial charge in [0.1, 0.15) is 0 Å². The Morgan fingerprint density at radius 3 is 2.42 bits per heavy atom. The number of benzene rings is 3. The zero-order valence-corrected chi connectivity index (χ0v) is 13.3. The number of amides is 2. The van der Waals surface area contributed by atoms with E-state index >= 15 is 0 Å². The maximum Gasteiger partial charge on any atom is 0.319 e. The third kappa shape index (κ3) is 3.53. The van der Waals surface area contributed by atoms with Gasteiger partial charge in [0.15, 0.2) is 0 Å². The largest absolute Gasteiger partial charge is 0.331 e. The number of nitriles is 1. The van der Waals surface area contributed by atoms with Gasteiger partial charge in [0.25, 0.3) is 0 Å². The molecule has 0 bridgehead atoms. The van der Waals surface area contributed by atoms with E-state index in [9.17, 15) is 4.79 Å². The lowest BCUT2D eigenvalue weighted by Gasteiger charge is -2.16. The summed E-state index contributed by atoms with van der Waals surface area (Å²) in [5.41, 5.74) is 2.26. The molecule has 0 heterocycles. The van der Waals surface area contributed by atoms with Crippen molar-refractivity contribution in [2.45, 2.75) is 13.0 Å². The monoisotopic (exact) mass is 315 g/mol. The van der Waals surface area contributed by atoms with Crippen molar-refractivity contribution in [1.29, 1.82) is 5.26 Å². The Bertz CT molecular complexity index is 910. The molecule has 0 aliphatic rings. The van der Waals surface area contributed by atoms with E-state index in [1.54, 1.807) is 24.3 Å². The van der Waals surface area contributed by atoms with Crippen LogP contribution in [-0.2, 0) is 0 Å². The summed E-state index contributed by atoms with van der Waals surface area (Å²) in [6.07, 6.45) is 0. The maximum absolute atomic E-state index is 12.1. The van der Waals surface area contributed by atoms with Crippen molar-refractivity contribution in [3.8, 4) is 6.07 Å². The molecule has 0 spiro atoms. The van der Waals surface area contributed by atoms with E-state index in [1.165, 1.54) is 5.39 Å². The van der Waals surface area contributed by atoms with Gasteiger partial charge < -0.3 is 10.6 Å². The summed E-state index contributed by atoms with van der Waals surface area (Å²) in [5, 5.41) is 16.8. The number of anilines is 1. The lowest BCUT2D eigenvalue weighted by atomic mass is 10.0. The van der Waals surface area contributed by atoms with Gasteiger partial charge in [-0.05, 0) is 53.6 Å². The van der Waals surface area contributed by atoms with Crippen molar-refractivity contribution < 1.29 is 4.79 Å². The summed E-state index contributed by atoms with van der Waals surface area (Å²) in [6, 6.07) is 22.7. The van der Waals surface area contributed by atoms with Crippen LogP contribution in [0.1, 0.15) is 24.1 Å². The highest BCUT2D eigenvalue weighted by Gasteiger charge is 2.10. The number of urea groups is 1. The van der Waals surface area contributed by atoms with Gasteiger partial charge in [-0.25, -0.2) is 4.79 Å². The van der Waals surface area contributed by atoms with Gasteiger partial charge in [-0.2, -0.15) is 5.26 Å². The minimum Gasteiger partial charge on any atom is -0.331 e. The first kappa shape index (κ1) is 15.6. The van der Waals surface area contributed by atoms with Crippen molar-refractivity contribution in [2.24, 2.45) is 0 Å². The number of nitrogens with zero attached hydrogens (tertiary/aromatic N) is 1. The number of hydrogen-bond donors (Lipinski definition) is 2. The van der Waals surface area contributed by atoms with Crippen LogP contribution in [0.25, 0.3) is 10.8 Å². The molecule has 0 unspecified atom stereocenters. The maximum atomic E-state index is 12.1. The molecular weight excluding hydrogens is 298 g/mol. The zero-order chi connectivity index (χ0) is 16.9. The van der Waals surface area contributed by atoms with Crippen LogP contribution in [0.4, 0.5) is 10.5 Å². The molecule has 1 atom stereocenters. The van der Waals surface area contributed by atoms with Crippen LogP contribution in [0.15, 0.2) is 66.7 Å². The summed E-state index contributed by atoms with van der Waals surface area (Å²) in [7, 11) is 0. The molecule has 3 aromatic carbocycles. The smallest absolute Gasteiger partial charge is 0.319 e. The Morgan fingerprint density at radius 2 is 1.71 bits per heavy atom. The van der Waals surface area contributed by atoms with Gasteiger partial charge in [-0.3, -0.25) is 0 Å². The summed E-state index contributed by atoms with van der Waals surface area (Å²) in [6.45, 7) is 1.95. The SMILES string of the molecule is C[C@@H](NC(=O)Nc1ccc(C#N)cc1)c1ccc2ccccc2c1. The van der Waals surface area contributed by atoms with E-state index < -0.39 is 0 Å². The molecular formula is C20H17N3O. The van der Waals surface area contributed by atoms with Crippen molar-refractivity contribution in [3.05, 3.63) is 77.9 Å². The van der Waals surface area contributed by atoms with Gasteiger partial charge in [0.05, 0.1) is 17.7 Å². The van der Waals surface area contributed by atoms with E-state index in [0.717, 1.165) is 10.9 Å². The minimum atomic E-state index is -0.277. The number of carbonyl (C=O) groups excluding carboxylic acids is 1. The van der Waals surface area contributed by atoms with E-state index in [2.05, 4.69) is 34.9 Å². The Morgan fingerprint density at radius 1 is 1.00 bits per heavy atom. The number of carbonyl (C=O) groups is 1. The van der Waals surface area contributed by atoms with Crippen LogP contribution in [0.5, 0.6) is 0 Å². The summed E-state index contributed by atoms with van der Waals surface area (Å²) in [4.78, 5) is 12.1. The van der Waals surface area contributed by atoms with Gasteiger partial charge in [-0.1, -0.05) is 36.4 Å². The normalized spacial score (nSPS) is 11.5. The molecule has 0 aliphatic carbocycles. The van der Waals surface area contributed by atoms with Crippen LogP contribution < -0.4 is 10.6 Å². The number of nitrogens with one attached hydrogen (secondary N) is 2. The quantitative estimate of drug-likeness (QED) is 0.742. The molecule has 0 radical (unpaired) electrons. The summed E-state index contributed by atoms with van der Waals surface area (Å²) in [5.74, 6) is 0. The molecule has 4 heteroatoms. The van der Waals surface area contributed by atoms with Crippen molar-refractivity contribution >= 4 is 22.5 Å². The number of fused-ring (bicyclic) bond motifs is 1. The Hall–Kier alpha value is -3.32. The average Bonchev–Trinajstić information content (AvgIpc) is 2.61. The molecule has 0 fully saturated rings. The highest BCUT2D eigenvalue weighted by Crippen LogP contribution is 2.20. The van der Waals surface area contributed by atoms with E-state index in [0.29, 0.717) is 11.3 Å². The number of hydrogen-bond acceptors (Lipinski definition) is 2. The Labute approximate surface area is 140 Å². The van der Waals surface area contributed by atoms with Crippen molar-refractivity contribution in [2.75, 3.05) is 5.32 Å². The van der Waals surface area contributed by atoms with Crippen LogP contribution in [-0.4, -0.2) is 6.03 Å². The predicted octanol–water partition coefficient (Wildman–Crippen LogP) is 4.59. The average molecular weight is 315 g/mol. The molecule has 4 nitrogen and oxygen atoms in total. The standard InChI is InChI=1S/C20H17N3O/c1-14(17-9-8-16-4-2-3-5-18(16)12-17)22-20(24)23-19-10-6-15(13-21)7-11-19/h2-12,14H,1H3,(H2,22,23,24)/t14-/m1/s1. The van der Waals surface area contributed by atoms with E-state index in [4.69, 9.17) is 5.26 Å². The first-order chi connectivity index (χ1) is 11.7. The Kier molecular flexibility index (Phi) is 4.44. The van der Waals surface area contributed by atoms with Gasteiger partial charge >= 0.3 is 6.03 Å². The van der Waals surface area contributed by atoms with Crippen LogP contribution in [0.3, 0.4) is 0 Å². The third-order valence-electron chi connectivity index (χ3n) is 3.89. The molecule has 2 amide bonds. The van der Waals surface area contributed by atoms with Gasteiger partial charge in [0.2, 0.25) is 0 Å². The fraction of sp³-hybridized carbons (Fsp3) is 0.100. The number of rotatable bonds is 3. The zero-order valence-electron chi connectivity index (χ0n) is 13.3. The second kappa shape index (κ2) is 6.84. The second-order valence-corrected chi connectivity index (χ2v) is 5.62. The molecule has 0 aliphatic heterocycles. The fourth-order valence-electron chi connectivity index (χ4n) is 2.55. The Balaban J connectivity index is 1.67. The minimum absolute atomic E-state index is 0.118. The molecule has 0 saturated heterocycles. The highest BCUT2D eigenvalue weighted by molar-refractivity contribution is 5.89. The lowest BCUT2D eigenvalue weighted by Crippen LogP contribution is -2.31. The molecule has 118 valence electrons. The van der Waals surface area contributed by atoms with Gasteiger partial charge in [-0.15, -0.1) is 0 Å². The fourth-order valence-corrected chi connectivity index (χ4v) is 2.55. The first-order valence-corrected chi connectivity index (χ1v) is 7.72.